The Hall–Kier alpha value is -4.96. The Balaban J connectivity index is 1.57. The van der Waals surface area contributed by atoms with Crippen molar-refractivity contribution in [1.82, 2.24) is 10.1 Å². The Kier molecular flexibility index (Phi) is 7.84. The van der Waals surface area contributed by atoms with Gasteiger partial charge < -0.3 is 19.2 Å². The van der Waals surface area contributed by atoms with Crippen LogP contribution in [0.3, 0.4) is 0 Å². The molecule has 0 saturated carbocycles. The van der Waals surface area contributed by atoms with E-state index in [1.807, 2.05) is 60.7 Å². The average Bonchev–Trinajstić information content (AvgIpc) is 3.47. The average molecular weight is 573 g/mol. The van der Waals surface area contributed by atoms with E-state index in [0.29, 0.717) is 16.0 Å². The van der Waals surface area contributed by atoms with Gasteiger partial charge in [-0.1, -0.05) is 65.8 Å². The van der Waals surface area contributed by atoms with Gasteiger partial charge >= 0.3 is 5.69 Å². The molecule has 0 fully saturated rings. The lowest BCUT2D eigenvalue weighted by atomic mass is 10.0. The van der Waals surface area contributed by atoms with Crippen molar-refractivity contribution >= 4 is 17.3 Å². The van der Waals surface area contributed by atoms with Crippen molar-refractivity contribution in [3.8, 4) is 34.3 Å². The maximum atomic E-state index is 12.6. The Morgan fingerprint density at radius 1 is 0.927 bits per heavy atom. The first-order valence-electron chi connectivity index (χ1n) is 12.6. The van der Waals surface area contributed by atoms with Gasteiger partial charge in [0.15, 0.2) is 11.4 Å². The lowest BCUT2D eigenvalue weighted by Gasteiger charge is -2.14. The van der Waals surface area contributed by atoms with Crippen LogP contribution < -0.4 is 14.2 Å². The molecule has 3 aromatic carbocycles. The second-order valence-corrected chi connectivity index (χ2v) is 9.71. The summed E-state index contributed by atoms with van der Waals surface area (Å²) in [5, 5.41) is 28.7. The molecule has 10 nitrogen and oxygen atoms in total. The molecular formula is C30H25ClN4O6. The van der Waals surface area contributed by atoms with E-state index in [4.69, 9.17) is 25.6 Å². The van der Waals surface area contributed by atoms with E-state index < -0.39 is 4.92 Å². The number of pyridine rings is 1. The van der Waals surface area contributed by atoms with Crippen molar-refractivity contribution in [2.24, 2.45) is 0 Å². The molecule has 5 rings (SSSR count). The summed E-state index contributed by atoms with van der Waals surface area (Å²) in [6.07, 6.45) is 0. The van der Waals surface area contributed by atoms with Gasteiger partial charge in [0.2, 0.25) is 11.6 Å². The maximum absolute atomic E-state index is 12.6. The molecule has 0 radical (unpaired) electrons. The smallest absolute Gasteiger partial charge is 0.315 e. The van der Waals surface area contributed by atoms with Gasteiger partial charge in [0.1, 0.15) is 18.8 Å². The van der Waals surface area contributed by atoms with Crippen molar-refractivity contribution in [1.29, 1.82) is 0 Å². The first-order valence-corrected chi connectivity index (χ1v) is 13.0. The molecule has 0 atom stereocenters. The molecule has 5 aromatic rings. The maximum Gasteiger partial charge on any atom is 0.315 e. The van der Waals surface area contributed by atoms with Gasteiger partial charge in [0.05, 0.1) is 10.5 Å². The van der Waals surface area contributed by atoms with Gasteiger partial charge in [-0.15, -0.1) is 0 Å². The zero-order valence-electron chi connectivity index (χ0n) is 22.5. The van der Waals surface area contributed by atoms with E-state index in [2.05, 4.69) is 10.1 Å². The molecule has 0 N–H and O–H groups in total. The second kappa shape index (κ2) is 11.6. The molecule has 0 saturated heterocycles. The van der Waals surface area contributed by atoms with E-state index >= 15 is 0 Å². The van der Waals surface area contributed by atoms with Gasteiger partial charge in [-0.25, -0.2) is 0 Å². The van der Waals surface area contributed by atoms with Crippen molar-refractivity contribution in [2.45, 2.75) is 34.0 Å². The minimum atomic E-state index is -0.554. The highest BCUT2D eigenvalue weighted by Gasteiger charge is 2.28. The number of halogens is 1. The summed E-state index contributed by atoms with van der Waals surface area (Å²) >= 11 is 6.37. The third-order valence-electron chi connectivity index (χ3n) is 6.76. The standard InChI is InChI=1S/C30H25ClN4O6/c1-18-19(2)26(28(31)34(36)20(18)3)29-32-30(41-33-29)23-14-24(35(37)38)27(40-17-22-12-8-5-9-13-22)25(15-23)39-16-21-10-6-4-7-11-21/h4-15H,16-17H2,1-3H3. The second-order valence-electron chi connectivity index (χ2n) is 9.35. The first kappa shape index (κ1) is 27.6. The Labute approximate surface area is 240 Å². The summed E-state index contributed by atoms with van der Waals surface area (Å²) in [5.74, 6) is 0.160. The van der Waals surface area contributed by atoms with E-state index in [9.17, 15) is 15.3 Å². The molecule has 2 aromatic heterocycles. The Bertz CT molecular complexity index is 1700. The zero-order chi connectivity index (χ0) is 29.1. The largest absolute Gasteiger partial charge is 0.617 e. The van der Waals surface area contributed by atoms with Gasteiger partial charge in [-0.2, -0.15) is 9.71 Å². The van der Waals surface area contributed by atoms with E-state index in [1.54, 1.807) is 26.8 Å². The Morgan fingerprint density at radius 3 is 2.15 bits per heavy atom. The van der Waals surface area contributed by atoms with Crippen molar-refractivity contribution < 1.29 is 23.7 Å². The van der Waals surface area contributed by atoms with Crippen LogP contribution in [0.4, 0.5) is 5.69 Å². The predicted molar refractivity (Wildman–Crippen MR) is 152 cm³/mol. The predicted octanol–water partition coefficient (Wildman–Crippen LogP) is 6.68. The topological polar surface area (TPSA) is 127 Å². The third kappa shape index (κ3) is 5.68. The van der Waals surface area contributed by atoms with Crippen molar-refractivity contribution in [3.63, 3.8) is 0 Å². The van der Waals surface area contributed by atoms with Gasteiger partial charge in [0.25, 0.3) is 11.0 Å². The first-order chi connectivity index (χ1) is 19.7. The van der Waals surface area contributed by atoms with E-state index in [0.717, 1.165) is 22.3 Å². The summed E-state index contributed by atoms with van der Waals surface area (Å²) in [5.41, 5.74) is 3.82. The molecule has 0 aliphatic heterocycles. The number of hydrogen-bond donors (Lipinski definition) is 0. The normalized spacial score (nSPS) is 10.9. The zero-order valence-corrected chi connectivity index (χ0v) is 23.2. The van der Waals surface area contributed by atoms with Crippen LogP contribution in [0.2, 0.25) is 5.15 Å². The lowest BCUT2D eigenvalue weighted by molar-refractivity contribution is -0.609. The Morgan fingerprint density at radius 2 is 1.54 bits per heavy atom. The van der Waals surface area contributed by atoms with Crippen LogP contribution in [0.15, 0.2) is 77.3 Å². The number of benzene rings is 3. The van der Waals surface area contributed by atoms with Crippen LogP contribution in [0.1, 0.15) is 27.9 Å². The van der Waals surface area contributed by atoms with Crippen molar-refractivity contribution in [2.75, 3.05) is 0 Å². The van der Waals surface area contributed by atoms with Gasteiger partial charge in [-0.05, 0) is 48.2 Å². The number of rotatable bonds is 9. The summed E-state index contributed by atoms with van der Waals surface area (Å²) in [7, 11) is 0. The summed E-state index contributed by atoms with van der Waals surface area (Å²) in [6.45, 7) is 5.50. The minimum absolute atomic E-state index is 0.0200. The van der Waals surface area contributed by atoms with Gasteiger partial charge in [0, 0.05) is 18.6 Å². The van der Waals surface area contributed by atoms with Crippen LogP contribution >= 0.6 is 11.6 Å². The van der Waals surface area contributed by atoms with Crippen LogP contribution in [0.25, 0.3) is 22.8 Å². The fourth-order valence-electron chi connectivity index (χ4n) is 4.28. The highest BCUT2D eigenvalue weighted by Crippen LogP contribution is 2.42. The summed E-state index contributed by atoms with van der Waals surface area (Å²) in [6, 6.07) is 21.5. The minimum Gasteiger partial charge on any atom is -0.617 e. The molecule has 0 amide bonds. The molecule has 0 unspecified atom stereocenters. The van der Waals surface area contributed by atoms with Crippen LogP contribution in [0.5, 0.6) is 11.5 Å². The number of nitro groups is 1. The molecule has 208 valence electrons. The number of hydrogen-bond acceptors (Lipinski definition) is 8. The summed E-state index contributed by atoms with van der Waals surface area (Å²) < 4.78 is 18.1. The van der Waals surface area contributed by atoms with Crippen LogP contribution in [-0.4, -0.2) is 15.1 Å². The number of nitrogens with zero attached hydrogens (tertiary/aromatic N) is 4. The fraction of sp³-hybridized carbons (Fsp3) is 0.167. The molecule has 0 bridgehead atoms. The SMILES string of the molecule is Cc1c(C)c(C)[n+]([O-])c(Cl)c1-c1noc(-c2cc(OCc3ccccc3)c(OCc3ccccc3)c([N+](=O)[O-])c2)n1. The monoisotopic (exact) mass is 572 g/mol. The van der Waals surface area contributed by atoms with Crippen LogP contribution in [0, 0.1) is 36.1 Å². The van der Waals surface area contributed by atoms with E-state index in [-0.39, 0.29) is 52.8 Å². The fourth-order valence-corrected chi connectivity index (χ4v) is 4.63. The summed E-state index contributed by atoms with van der Waals surface area (Å²) in [4.78, 5) is 16.1. The third-order valence-corrected chi connectivity index (χ3v) is 7.10. The molecule has 0 spiro atoms. The van der Waals surface area contributed by atoms with Gasteiger partial charge in [-0.3, -0.25) is 10.1 Å². The molecule has 2 heterocycles. The highest BCUT2D eigenvalue weighted by molar-refractivity contribution is 6.31. The number of nitro benzene ring substituents is 1. The molecular weight excluding hydrogens is 548 g/mol. The van der Waals surface area contributed by atoms with Crippen LogP contribution in [-0.2, 0) is 13.2 Å². The molecule has 0 aliphatic carbocycles. The molecule has 0 aliphatic rings. The highest BCUT2D eigenvalue weighted by atomic mass is 35.5. The quantitative estimate of drug-likeness (QED) is 0.0629. The number of aromatic nitrogens is 3. The van der Waals surface area contributed by atoms with E-state index in [1.165, 1.54) is 6.07 Å². The molecule has 41 heavy (non-hydrogen) atoms. The van der Waals surface area contributed by atoms with Crippen molar-refractivity contribution in [3.05, 3.63) is 121 Å². The number of ether oxygens (including phenoxy) is 2. The molecule has 11 heteroatoms. The lowest BCUT2D eigenvalue weighted by Crippen LogP contribution is -2.33.